The second kappa shape index (κ2) is 5.68. The lowest BCUT2D eigenvalue weighted by molar-refractivity contribution is 0.178. The first-order valence-corrected chi connectivity index (χ1v) is 8.89. The summed E-state index contributed by atoms with van der Waals surface area (Å²) in [6, 6.07) is 7.75. The Morgan fingerprint density at radius 2 is 2.19 bits per heavy atom. The second-order valence-corrected chi connectivity index (χ2v) is 7.95. The highest BCUT2D eigenvalue weighted by atomic mass is 32.2. The first-order chi connectivity index (χ1) is 9.97. The number of hydrogen-bond acceptors (Lipinski definition) is 4. The highest BCUT2D eigenvalue weighted by Crippen LogP contribution is 2.22. The molecule has 1 atom stereocenters. The minimum Gasteiger partial charge on any atom is -0.379 e. The van der Waals surface area contributed by atoms with Crippen molar-refractivity contribution in [1.29, 1.82) is 0 Å². The maximum Gasteiger partial charge on any atom is 0.241 e. The molecule has 0 aromatic heterocycles. The van der Waals surface area contributed by atoms with E-state index in [0.29, 0.717) is 37.1 Å². The van der Waals surface area contributed by atoms with Crippen molar-refractivity contribution in [3.05, 3.63) is 29.8 Å². The van der Waals surface area contributed by atoms with Gasteiger partial charge in [-0.15, -0.1) is 0 Å². The van der Waals surface area contributed by atoms with Crippen LogP contribution in [0, 0.1) is 0 Å². The van der Waals surface area contributed by atoms with Crippen molar-refractivity contribution in [1.82, 2.24) is 10.0 Å². The Kier molecular flexibility index (Phi) is 4.05. The fourth-order valence-corrected chi connectivity index (χ4v) is 3.99. The van der Waals surface area contributed by atoms with Crippen LogP contribution in [0.3, 0.4) is 0 Å². The van der Waals surface area contributed by atoms with Crippen molar-refractivity contribution in [3.8, 4) is 0 Å². The summed E-state index contributed by atoms with van der Waals surface area (Å²) < 4.78 is 33.1. The van der Waals surface area contributed by atoms with Crippen LogP contribution in [0.4, 0.5) is 0 Å². The molecule has 3 rings (SSSR count). The average Bonchev–Trinajstić information content (AvgIpc) is 3.18. The molecule has 1 saturated carbocycles. The third-order valence-electron chi connectivity index (χ3n) is 3.98. The molecule has 1 aromatic carbocycles. The summed E-state index contributed by atoms with van der Waals surface area (Å²) in [6.45, 7) is 3.63. The molecule has 0 radical (unpaired) electrons. The van der Waals surface area contributed by atoms with E-state index in [2.05, 4.69) is 10.0 Å². The molecule has 0 amide bonds. The molecule has 2 aliphatic rings. The van der Waals surface area contributed by atoms with Crippen LogP contribution < -0.4 is 10.0 Å². The molecule has 1 saturated heterocycles. The topological polar surface area (TPSA) is 67.4 Å². The van der Waals surface area contributed by atoms with Crippen LogP contribution in [0.25, 0.3) is 0 Å². The van der Waals surface area contributed by atoms with Gasteiger partial charge in [0.15, 0.2) is 0 Å². The molecule has 1 aliphatic carbocycles. The third-order valence-corrected chi connectivity index (χ3v) is 5.62. The van der Waals surface area contributed by atoms with Crippen LogP contribution in [0.15, 0.2) is 29.2 Å². The van der Waals surface area contributed by atoms with Crippen LogP contribution in [0.2, 0.25) is 0 Å². The van der Waals surface area contributed by atoms with E-state index >= 15 is 0 Å². The molecule has 1 heterocycles. The van der Waals surface area contributed by atoms with Crippen molar-refractivity contribution < 1.29 is 13.2 Å². The summed E-state index contributed by atoms with van der Waals surface area (Å²) in [7, 11) is -3.51. The lowest BCUT2D eigenvalue weighted by atomic mass is 10.0. The van der Waals surface area contributed by atoms with Crippen LogP contribution in [-0.2, 0) is 21.3 Å². The molecule has 6 heteroatoms. The Hall–Kier alpha value is -0.950. The van der Waals surface area contributed by atoms with Gasteiger partial charge in [0, 0.05) is 19.2 Å². The second-order valence-electron chi connectivity index (χ2n) is 6.27. The summed E-state index contributed by atoms with van der Waals surface area (Å²) in [5.74, 6) is 0. The molecule has 21 heavy (non-hydrogen) atoms. The molecule has 1 aliphatic heterocycles. The summed E-state index contributed by atoms with van der Waals surface area (Å²) in [5, 5.41) is 3.40. The Balaban J connectivity index is 1.72. The zero-order valence-electron chi connectivity index (χ0n) is 12.3. The van der Waals surface area contributed by atoms with Gasteiger partial charge < -0.3 is 10.1 Å². The predicted octanol–water partition coefficient (Wildman–Crippen LogP) is 1.40. The molecule has 0 spiro atoms. The molecule has 0 bridgehead atoms. The van der Waals surface area contributed by atoms with Crippen LogP contribution >= 0.6 is 0 Å². The first kappa shape index (κ1) is 15.0. The predicted molar refractivity (Wildman–Crippen MR) is 80.5 cm³/mol. The Morgan fingerprint density at radius 3 is 2.86 bits per heavy atom. The Bertz CT molecular complexity index is 605. The number of rotatable bonds is 6. The zero-order chi connectivity index (χ0) is 14.9. The fraction of sp³-hybridized carbons (Fsp3) is 0.600. The van der Waals surface area contributed by atoms with Gasteiger partial charge in [0.1, 0.15) is 0 Å². The van der Waals surface area contributed by atoms with E-state index < -0.39 is 15.6 Å². The smallest absolute Gasteiger partial charge is 0.241 e. The summed E-state index contributed by atoms with van der Waals surface area (Å²) >= 11 is 0. The lowest BCUT2D eigenvalue weighted by Gasteiger charge is -2.23. The normalized spacial score (nSPS) is 26.1. The van der Waals surface area contributed by atoms with E-state index in [-0.39, 0.29) is 0 Å². The van der Waals surface area contributed by atoms with E-state index in [1.165, 1.54) is 12.8 Å². The van der Waals surface area contributed by atoms with E-state index in [1.807, 2.05) is 13.0 Å². The standard InChI is InChI=1S/C15H22N2O3S/c1-15(7-8-20-11-15)17-21(18,19)14-4-2-3-12(9-14)10-16-13-5-6-13/h2-4,9,13,16-17H,5-8,10-11H2,1H3. The van der Waals surface area contributed by atoms with Gasteiger partial charge in [0.25, 0.3) is 0 Å². The quantitative estimate of drug-likeness (QED) is 0.833. The van der Waals surface area contributed by atoms with E-state index in [1.54, 1.807) is 18.2 Å². The van der Waals surface area contributed by atoms with Crippen molar-refractivity contribution in [2.45, 2.75) is 49.2 Å². The highest BCUT2D eigenvalue weighted by molar-refractivity contribution is 7.89. The Morgan fingerprint density at radius 1 is 1.38 bits per heavy atom. The van der Waals surface area contributed by atoms with E-state index in [9.17, 15) is 8.42 Å². The molecule has 116 valence electrons. The van der Waals surface area contributed by atoms with Gasteiger partial charge in [-0.2, -0.15) is 0 Å². The van der Waals surface area contributed by atoms with Crippen molar-refractivity contribution in [2.75, 3.05) is 13.2 Å². The minimum absolute atomic E-state index is 0.325. The largest absolute Gasteiger partial charge is 0.379 e. The SMILES string of the molecule is CC1(NS(=O)(=O)c2cccc(CNC3CC3)c2)CCOC1. The van der Waals surface area contributed by atoms with Gasteiger partial charge in [-0.3, -0.25) is 0 Å². The monoisotopic (exact) mass is 310 g/mol. The summed E-state index contributed by atoms with van der Waals surface area (Å²) in [6.07, 6.45) is 3.14. The number of sulfonamides is 1. The molecule has 2 fully saturated rings. The highest BCUT2D eigenvalue weighted by Gasteiger charge is 2.34. The summed E-state index contributed by atoms with van der Waals surface area (Å²) in [4.78, 5) is 0.325. The van der Waals surface area contributed by atoms with Gasteiger partial charge in [0.2, 0.25) is 10.0 Å². The number of nitrogens with one attached hydrogen (secondary N) is 2. The number of benzene rings is 1. The maximum absolute atomic E-state index is 12.5. The molecule has 1 unspecified atom stereocenters. The fourth-order valence-electron chi connectivity index (χ4n) is 2.50. The van der Waals surface area contributed by atoms with Gasteiger partial charge >= 0.3 is 0 Å². The van der Waals surface area contributed by atoms with Crippen molar-refractivity contribution in [2.24, 2.45) is 0 Å². The average molecular weight is 310 g/mol. The molecule has 2 N–H and O–H groups in total. The first-order valence-electron chi connectivity index (χ1n) is 7.41. The number of ether oxygens (including phenoxy) is 1. The molecule has 1 aromatic rings. The van der Waals surface area contributed by atoms with Crippen LogP contribution in [0.5, 0.6) is 0 Å². The minimum atomic E-state index is -3.51. The zero-order valence-corrected chi connectivity index (χ0v) is 13.1. The van der Waals surface area contributed by atoms with E-state index in [4.69, 9.17) is 4.74 Å². The van der Waals surface area contributed by atoms with Gasteiger partial charge in [-0.25, -0.2) is 13.1 Å². The number of hydrogen-bond donors (Lipinski definition) is 2. The molecular formula is C15H22N2O3S. The third kappa shape index (κ3) is 3.83. The Labute approximate surface area is 126 Å². The molecule has 5 nitrogen and oxygen atoms in total. The van der Waals surface area contributed by atoms with Gasteiger partial charge in [-0.1, -0.05) is 12.1 Å². The van der Waals surface area contributed by atoms with Crippen molar-refractivity contribution in [3.63, 3.8) is 0 Å². The summed E-state index contributed by atoms with van der Waals surface area (Å²) in [5.41, 5.74) is 0.499. The van der Waals surface area contributed by atoms with Gasteiger partial charge in [0.05, 0.1) is 17.0 Å². The van der Waals surface area contributed by atoms with E-state index in [0.717, 1.165) is 5.56 Å². The lowest BCUT2D eigenvalue weighted by Crippen LogP contribution is -2.46. The maximum atomic E-state index is 12.5. The van der Waals surface area contributed by atoms with Crippen LogP contribution in [0.1, 0.15) is 31.7 Å². The molecular weight excluding hydrogens is 288 g/mol. The van der Waals surface area contributed by atoms with Gasteiger partial charge in [-0.05, 0) is 43.9 Å². The van der Waals surface area contributed by atoms with Crippen LogP contribution in [-0.4, -0.2) is 33.2 Å². The van der Waals surface area contributed by atoms with Crippen molar-refractivity contribution >= 4 is 10.0 Å².